The van der Waals surface area contributed by atoms with Crippen molar-refractivity contribution in [2.75, 3.05) is 12.3 Å². The third-order valence-corrected chi connectivity index (χ3v) is 3.87. The maximum Gasteiger partial charge on any atom is 0.277 e. The number of hydrazone groups is 1. The lowest BCUT2D eigenvalue weighted by molar-refractivity contribution is -0.123. The summed E-state index contributed by atoms with van der Waals surface area (Å²) in [6.07, 6.45) is 0. The molecule has 22 heavy (non-hydrogen) atoms. The molecule has 0 saturated carbocycles. The van der Waals surface area contributed by atoms with Gasteiger partial charge in [-0.2, -0.15) is 9.47 Å². The first-order valence-electron chi connectivity index (χ1n) is 6.41. The van der Waals surface area contributed by atoms with Gasteiger partial charge in [-0.05, 0) is 37.5 Å². The molecule has 8 heteroatoms. The minimum Gasteiger partial charge on any atom is -0.482 e. The maximum atomic E-state index is 11.7. The molecule has 0 radical (unpaired) electrons. The Morgan fingerprint density at radius 1 is 1.50 bits per heavy atom. The van der Waals surface area contributed by atoms with E-state index in [-0.39, 0.29) is 6.61 Å². The van der Waals surface area contributed by atoms with Crippen LogP contribution >= 0.6 is 23.1 Å². The number of rotatable bonds is 5. The van der Waals surface area contributed by atoms with E-state index in [2.05, 4.69) is 14.9 Å². The average molecular weight is 339 g/mol. The Kier molecular flexibility index (Phi) is 5.35. The highest BCUT2D eigenvalue weighted by Gasteiger charge is 2.11. The van der Waals surface area contributed by atoms with Crippen molar-refractivity contribution < 1.29 is 9.53 Å². The number of aryl methyl sites for hydroxylation is 1. The molecule has 0 unspecified atom stereocenters. The van der Waals surface area contributed by atoms with Crippen LogP contribution in [0.3, 0.4) is 0 Å². The number of anilines is 1. The minimum absolute atomic E-state index is 0.184. The molecule has 3 N–H and O–H groups in total. The topological polar surface area (TPSA) is 89.6 Å². The predicted octanol–water partition coefficient (Wildman–Crippen LogP) is 2.61. The lowest BCUT2D eigenvalue weighted by atomic mass is 10.2. The van der Waals surface area contributed by atoms with Crippen molar-refractivity contribution in [3.63, 3.8) is 0 Å². The summed E-state index contributed by atoms with van der Waals surface area (Å²) in [5.74, 6) is 0.0563. The zero-order valence-corrected chi connectivity index (χ0v) is 13.7. The number of amides is 1. The zero-order valence-electron chi connectivity index (χ0n) is 12.1. The summed E-state index contributed by atoms with van der Waals surface area (Å²) in [5, 5.41) is 5.03. The summed E-state index contributed by atoms with van der Waals surface area (Å²) < 4.78 is 9.45. The number of nitrogens with zero attached hydrogens (tertiary/aromatic N) is 2. The number of benzene rings is 1. The Morgan fingerprint density at radius 2 is 2.23 bits per heavy atom. The van der Waals surface area contributed by atoms with Gasteiger partial charge in [0.15, 0.2) is 6.61 Å². The van der Waals surface area contributed by atoms with Crippen LogP contribution in [-0.4, -0.2) is 22.6 Å². The summed E-state index contributed by atoms with van der Waals surface area (Å²) in [4.78, 5) is 11.7. The number of hydrogen-bond acceptors (Lipinski definition) is 6. The van der Waals surface area contributed by atoms with E-state index < -0.39 is 5.91 Å². The van der Waals surface area contributed by atoms with Gasteiger partial charge < -0.3 is 10.5 Å². The number of hydrogen-bond donors (Lipinski definition) is 2. The van der Waals surface area contributed by atoms with Crippen LogP contribution in [-0.2, 0) is 4.79 Å². The first-order valence-corrected chi connectivity index (χ1v) is 7.56. The molecule has 2 aromatic rings. The van der Waals surface area contributed by atoms with Crippen LogP contribution < -0.4 is 15.9 Å². The SMILES string of the molecule is C/C(=N/NC(=O)COc1ccccc1Cl)c1c(C)nsc1N. The largest absolute Gasteiger partial charge is 0.482 e. The Balaban J connectivity index is 1.93. The number of para-hydroxylation sites is 1. The summed E-state index contributed by atoms with van der Waals surface area (Å²) >= 11 is 7.13. The molecule has 0 atom stereocenters. The van der Waals surface area contributed by atoms with Crippen LogP contribution in [0.2, 0.25) is 5.02 Å². The highest BCUT2D eigenvalue weighted by atomic mass is 35.5. The molecule has 0 spiro atoms. The lowest BCUT2D eigenvalue weighted by Gasteiger charge is -2.07. The van der Waals surface area contributed by atoms with Crippen molar-refractivity contribution in [2.45, 2.75) is 13.8 Å². The average Bonchev–Trinajstić information content (AvgIpc) is 2.83. The molecule has 2 rings (SSSR count). The Morgan fingerprint density at radius 3 is 2.86 bits per heavy atom. The van der Waals surface area contributed by atoms with Crippen molar-refractivity contribution in [3.8, 4) is 5.75 Å². The maximum absolute atomic E-state index is 11.7. The molecule has 0 aliphatic carbocycles. The van der Waals surface area contributed by atoms with E-state index in [9.17, 15) is 4.79 Å². The Bertz CT molecular complexity index is 695. The number of ether oxygens (including phenoxy) is 1. The van der Waals surface area contributed by atoms with E-state index in [1.807, 2.05) is 6.92 Å². The third kappa shape index (κ3) is 3.96. The third-order valence-electron chi connectivity index (χ3n) is 2.79. The fourth-order valence-corrected chi connectivity index (χ4v) is 2.67. The Labute approximate surface area is 137 Å². The van der Waals surface area contributed by atoms with E-state index in [1.165, 1.54) is 11.5 Å². The highest BCUT2D eigenvalue weighted by molar-refractivity contribution is 7.10. The van der Waals surface area contributed by atoms with Crippen molar-refractivity contribution in [1.29, 1.82) is 0 Å². The second kappa shape index (κ2) is 7.24. The molecule has 0 fully saturated rings. The predicted molar refractivity (Wildman–Crippen MR) is 88.6 cm³/mol. The first-order chi connectivity index (χ1) is 10.5. The van der Waals surface area contributed by atoms with Gasteiger partial charge in [-0.15, -0.1) is 0 Å². The molecule has 0 aliphatic rings. The van der Waals surface area contributed by atoms with E-state index >= 15 is 0 Å². The molecular weight excluding hydrogens is 324 g/mol. The fourth-order valence-electron chi connectivity index (χ4n) is 1.77. The van der Waals surface area contributed by atoms with E-state index in [0.29, 0.717) is 21.5 Å². The van der Waals surface area contributed by atoms with E-state index in [4.69, 9.17) is 22.1 Å². The first kappa shape index (κ1) is 16.3. The monoisotopic (exact) mass is 338 g/mol. The number of nitrogens with one attached hydrogen (secondary N) is 1. The molecule has 0 aliphatic heterocycles. The number of aromatic nitrogens is 1. The lowest BCUT2D eigenvalue weighted by Crippen LogP contribution is -2.25. The van der Waals surface area contributed by atoms with Crippen molar-refractivity contribution in [2.24, 2.45) is 5.10 Å². The zero-order chi connectivity index (χ0) is 16.1. The van der Waals surface area contributed by atoms with Gasteiger partial charge in [0.1, 0.15) is 10.8 Å². The Hall–Kier alpha value is -2.12. The minimum atomic E-state index is -0.390. The van der Waals surface area contributed by atoms with Crippen LogP contribution in [0.15, 0.2) is 29.4 Å². The number of nitrogens with two attached hydrogens (primary N) is 1. The van der Waals surface area contributed by atoms with Crippen LogP contribution in [0.1, 0.15) is 18.2 Å². The van der Waals surface area contributed by atoms with Crippen molar-refractivity contribution in [1.82, 2.24) is 9.80 Å². The van der Waals surface area contributed by atoms with Crippen LogP contribution in [0.4, 0.5) is 5.00 Å². The fraction of sp³-hybridized carbons (Fsp3) is 0.214. The molecule has 0 bridgehead atoms. The normalized spacial score (nSPS) is 11.3. The molecule has 1 heterocycles. The van der Waals surface area contributed by atoms with Gasteiger partial charge in [0, 0.05) is 0 Å². The molecular formula is C14H15ClN4O2S. The van der Waals surface area contributed by atoms with Crippen molar-refractivity contribution >= 4 is 39.8 Å². The molecule has 1 amide bonds. The number of nitrogen functional groups attached to an aromatic ring is 1. The number of carbonyl (C=O) groups is 1. The van der Waals surface area contributed by atoms with E-state index in [0.717, 1.165) is 11.3 Å². The van der Waals surface area contributed by atoms with Gasteiger partial charge in [-0.25, -0.2) is 5.43 Å². The van der Waals surface area contributed by atoms with Gasteiger partial charge >= 0.3 is 0 Å². The van der Waals surface area contributed by atoms with Crippen LogP contribution in [0, 0.1) is 6.92 Å². The van der Waals surface area contributed by atoms with E-state index in [1.54, 1.807) is 31.2 Å². The quantitative estimate of drug-likeness (QED) is 0.647. The second-order valence-corrected chi connectivity index (χ2v) is 5.67. The summed E-state index contributed by atoms with van der Waals surface area (Å²) in [7, 11) is 0. The molecule has 6 nitrogen and oxygen atoms in total. The van der Waals surface area contributed by atoms with Gasteiger partial charge in [-0.3, -0.25) is 4.79 Å². The summed E-state index contributed by atoms with van der Waals surface area (Å²) in [5.41, 5.74) is 10.4. The number of halogens is 1. The standard InChI is InChI=1S/C14H15ClN4O2S/c1-8(13-9(2)19-22-14(13)16)17-18-12(20)7-21-11-6-4-3-5-10(11)15/h3-6H,7,16H2,1-2H3,(H,18,20)/b17-8-. The molecule has 116 valence electrons. The van der Waals surface area contributed by atoms with Crippen LogP contribution in [0.25, 0.3) is 0 Å². The summed E-state index contributed by atoms with van der Waals surface area (Å²) in [6.45, 7) is 3.41. The number of carbonyl (C=O) groups excluding carboxylic acids is 1. The van der Waals surface area contributed by atoms with Gasteiger partial charge in [0.05, 0.1) is 22.0 Å². The van der Waals surface area contributed by atoms with Gasteiger partial charge in [-0.1, -0.05) is 23.7 Å². The smallest absolute Gasteiger partial charge is 0.277 e. The van der Waals surface area contributed by atoms with Crippen LogP contribution in [0.5, 0.6) is 5.75 Å². The molecule has 0 saturated heterocycles. The molecule has 1 aromatic carbocycles. The van der Waals surface area contributed by atoms with Gasteiger partial charge in [0.2, 0.25) is 0 Å². The summed E-state index contributed by atoms with van der Waals surface area (Å²) in [6, 6.07) is 6.93. The highest BCUT2D eigenvalue weighted by Crippen LogP contribution is 2.23. The second-order valence-electron chi connectivity index (χ2n) is 4.46. The molecule has 1 aromatic heterocycles. The van der Waals surface area contributed by atoms with Crippen molar-refractivity contribution in [3.05, 3.63) is 40.5 Å². The van der Waals surface area contributed by atoms with Gasteiger partial charge in [0.25, 0.3) is 5.91 Å².